The molecule has 0 saturated carbocycles. The highest BCUT2D eigenvalue weighted by atomic mass is 32.1. The number of aryl methyl sites for hydroxylation is 2. The molecule has 1 atom stereocenters. The molecule has 0 bridgehead atoms. The number of ether oxygens (including phenoxy) is 1. The van der Waals surface area contributed by atoms with Crippen LogP contribution in [0.1, 0.15) is 28.3 Å². The van der Waals surface area contributed by atoms with E-state index >= 15 is 0 Å². The van der Waals surface area contributed by atoms with Gasteiger partial charge in [-0.25, -0.2) is 4.39 Å². The van der Waals surface area contributed by atoms with E-state index in [0.717, 1.165) is 5.69 Å². The van der Waals surface area contributed by atoms with E-state index in [9.17, 15) is 4.39 Å². The van der Waals surface area contributed by atoms with Crippen LogP contribution in [0.3, 0.4) is 0 Å². The Morgan fingerprint density at radius 1 is 1.26 bits per heavy atom. The van der Waals surface area contributed by atoms with E-state index in [4.69, 9.17) is 4.74 Å². The van der Waals surface area contributed by atoms with Gasteiger partial charge >= 0.3 is 0 Å². The third-order valence-electron chi connectivity index (χ3n) is 3.08. The molecule has 4 heteroatoms. The van der Waals surface area contributed by atoms with Gasteiger partial charge in [0.2, 0.25) is 0 Å². The minimum Gasteiger partial charge on any atom is -0.494 e. The number of thiophene rings is 1. The Balaban J connectivity index is 2.17. The van der Waals surface area contributed by atoms with Crippen molar-refractivity contribution in [1.82, 2.24) is 0 Å². The van der Waals surface area contributed by atoms with Gasteiger partial charge in [0.1, 0.15) is 0 Å². The molecule has 0 saturated heterocycles. The molecule has 0 amide bonds. The van der Waals surface area contributed by atoms with Crippen molar-refractivity contribution in [1.29, 1.82) is 0 Å². The van der Waals surface area contributed by atoms with Gasteiger partial charge in [-0.3, -0.25) is 0 Å². The monoisotopic (exact) mass is 279 g/mol. The average Bonchev–Trinajstić information content (AvgIpc) is 2.69. The molecular formula is C15H18FNOS. The van der Waals surface area contributed by atoms with Crippen molar-refractivity contribution >= 4 is 17.0 Å². The Bertz CT molecular complexity index is 580. The zero-order valence-corrected chi connectivity index (χ0v) is 12.4. The summed E-state index contributed by atoms with van der Waals surface area (Å²) in [5.41, 5.74) is 2.02. The first-order valence-electron chi connectivity index (χ1n) is 6.18. The number of anilines is 1. The molecule has 1 aromatic heterocycles. The molecule has 1 N–H and O–H groups in total. The highest BCUT2D eigenvalue weighted by Crippen LogP contribution is 2.29. The normalized spacial score (nSPS) is 12.3. The minimum atomic E-state index is -0.349. The van der Waals surface area contributed by atoms with Crippen LogP contribution in [0.2, 0.25) is 0 Å². The molecule has 1 aromatic carbocycles. The highest BCUT2D eigenvalue weighted by molar-refractivity contribution is 7.12. The smallest absolute Gasteiger partial charge is 0.167 e. The van der Waals surface area contributed by atoms with Crippen LogP contribution in [0.4, 0.5) is 10.1 Å². The molecule has 0 fully saturated rings. The van der Waals surface area contributed by atoms with Crippen LogP contribution in [0, 0.1) is 19.7 Å². The maximum Gasteiger partial charge on any atom is 0.167 e. The summed E-state index contributed by atoms with van der Waals surface area (Å²) in [5.74, 6) is -0.0846. The van der Waals surface area contributed by atoms with Crippen LogP contribution < -0.4 is 10.1 Å². The van der Waals surface area contributed by atoms with Crippen LogP contribution in [0.15, 0.2) is 24.3 Å². The summed E-state index contributed by atoms with van der Waals surface area (Å²) >= 11 is 1.78. The van der Waals surface area contributed by atoms with Crippen molar-refractivity contribution in [2.75, 3.05) is 12.4 Å². The third kappa shape index (κ3) is 3.07. The summed E-state index contributed by atoms with van der Waals surface area (Å²) < 4.78 is 18.5. The standard InChI is InChI=1S/C15H18FNOS/c1-9-7-13(11(3)19-9)10(2)17-12-5-6-15(18-4)14(16)8-12/h5-8,10,17H,1-4H3. The highest BCUT2D eigenvalue weighted by Gasteiger charge is 2.12. The number of rotatable bonds is 4. The summed E-state index contributed by atoms with van der Waals surface area (Å²) in [6, 6.07) is 7.25. The number of hydrogen-bond donors (Lipinski definition) is 1. The molecule has 102 valence electrons. The molecule has 2 aromatic rings. The second-order valence-electron chi connectivity index (χ2n) is 4.58. The van der Waals surface area contributed by atoms with E-state index in [1.54, 1.807) is 17.4 Å². The van der Waals surface area contributed by atoms with Gasteiger partial charge in [0.15, 0.2) is 11.6 Å². The molecule has 0 radical (unpaired) electrons. The number of benzene rings is 1. The van der Waals surface area contributed by atoms with Gasteiger partial charge in [-0.15, -0.1) is 11.3 Å². The third-order valence-corrected chi connectivity index (χ3v) is 4.06. The summed E-state index contributed by atoms with van der Waals surface area (Å²) in [6.07, 6.45) is 0. The van der Waals surface area contributed by atoms with Crippen molar-refractivity contribution in [3.8, 4) is 5.75 Å². The molecule has 2 rings (SSSR count). The first-order valence-corrected chi connectivity index (χ1v) is 7.00. The van der Waals surface area contributed by atoms with Gasteiger partial charge in [0.05, 0.1) is 7.11 Å². The Morgan fingerprint density at radius 2 is 2.00 bits per heavy atom. The molecule has 0 aliphatic rings. The van der Waals surface area contributed by atoms with Gasteiger partial charge in [0, 0.05) is 27.5 Å². The lowest BCUT2D eigenvalue weighted by molar-refractivity contribution is 0.386. The zero-order valence-electron chi connectivity index (χ0n) is 11.6. The Hall–Kier alpha value is -1.55. The molecule has 0 aliphatic carbocycles. The van der Waals surface area contributed by atoms with Crippen molar-refractivity contribution in [2.24, 2.45) is 0 Å². The van der Waals surface area contributed by atoms with E-state index in [0.29, 0.717) is 0 Å². The number of halogens is 1. The van der Waals surface area contributed by atoms with E-state index in [-0.39, 0.29) is 17.6 Å². The lowest BCUT2D eigenvalue weighted by Gasteiger charge is -2.16. The van der Waals surface area contributed by atoms with Crippen LogP contribution in [0.25, 0.3) is 0 Å². The van der Waals surface area contributed by atoms with Crippen LogP contribution in [-0.4, -0.2) is 7.11 Å². The minimum absolute atomic E-state index is 0.151. The second kappa shape index (κ2) is 5.61. The van der Waals surface area contributed by atoms with Crippen LogP contribution >= 0.6 is 11.3 Å². The second-order valence-corrected chi connectivity index (χ2v) is 6.04. The van der Waals surface area contributed by atoms with Crippen LogP contribution in [0.5, 0.6) is 5.75 Å². The zero-order chi connectivity index (χ0) is 14.0. The largest absolute Gasteiger partial charge is 0.494 e. The maximum absolute atomic E-state index is 13.6. The van der Waals surface area contributed by atoms with Gasteiger partial charge in [-0.05, 0) is 44.5 Å². The molecular weight excluding hydrogens is 261 g/mol. The summed E-state index contributed by atoms with van der Waals surface area (Å²) in [7, 11) is 1.46. The first kappa shape index (κ1) is 13.9. The number of nitrogens with one attached hydrogen (secondary N) is 1. The predicted octanol–water partition coefficient (Wildman–Crippen LogP) is 4.69. The quantitative estimate of drug-likeness (QED) is 0.877. The van der Waals surface area contributed by atoms with Crippen molar-refractivity contribution in [2.45, 2.75) is 26.8 Å². The predicted molar refractivity (Wildman–Crippen MR) is 78.8 cm³/mol. The van der Waals surface area contributed by atoms with Crippen molar-refractivity contribution in [3.63, 3.8) is 0 Å². The van der Waals surface area contributed by atoms with E-state index < -0.39 is 0 Å². The summed E-state index contributed by atoms with van der Waals surface area (Å²) in [6.45, 7) is 6.29. The van der Waals surface area contributed by atoms with Gasteiger partial charge < -0.3 is 10.1 Å². The summed E-state index contributed by atoms with van der Waals surface area (Å²) in [5, 5.41) is 3.32. The van der Waals surface area contributed by atoms with Gasteiger partial charge in [-0.2, -0.15) is 0 Å². The fourth-order valence-electron chi connectivity index (χ4n) is 2.16. The van der Waals surface area contributed by atoms with E-state index in [1.165, 1.54) is 28.5 Å². The first-order chi connectivity index (χ1) is 9.01. The topological polar surface area (TPSA) is 21.3 Å². The fourth-order valence-corrected chi connectivity index (χ4v) is 3.19. The maximum atomic E-state index is 13.6. The van der Waals surface area contributed by atoms with Crippen molar-refractivity contribution in [3.05, 3.63) is 45.4 Å². The molecule has 2 nitrogen and oxygen atoms in total. The Morgan fingerprint density at radius 3 is 2.53 bits per heavy atom. The molecule has 1 heterocycles. The van der Waals surface area contributed by atoms with Gasteiger partial charge in [-0.1, -0.05) is 0 Å². The molecule has 1 unspecified atom stereocenters. The lowest BCUT2D eigenvalue weighted by Crippen LogP contribution is -2.07. The van der Waals surface area contributed by atoms with E-state index in [1.807, 2.05) is 6.07 Å². The lowest BCUT2D eigenvalue weighted by atomic mass is 10.1. The molecule has 0 aliphatic heterocycles. The fraction of sp³-hybridized carbons (Fsp3) is 0.333. The number of methoxy groups -OCH3 is 1. The van der Waals surface area contributed by atoms with Crippen LogP contribution in [-0.2, 0) is 0 Å². The SMILES string of the molecule is COc1ccc(NC(C)c2cc(C)sc2C)cc1F. The van der Waals surface area contributed by atoms with Crippen molar-refractivity contribution < 1.29 is 9.13 Å². The molecule has 0 spiro atoms. The number of hydrogen-bond acceptors (Lipinski definition) is 3. The summed E-state index contributed by atoms with van der Waals surface area (Å²) in [4.78, 5) is 2.59. The molecule has 19 heavy (non-hydrogen) atoms. The van der Waals surface area contributed by atoms with Gasteiger partial charge in [0.25, 0.3) is 0 Å². The Labute approximate surface area is 117 Å². The Kier molecular flexibility index (Phi) is 4.10. The van der Waals surface area contributed by atoms with E-state index in [2.05, 4.69) is 32.2 Å². The average molecular weight is 279 g/mol.